The molecular formula is C36H45F4N5O4S. The number of rotatable bonds is 11. The minimum absolute atomic E-state index is 0.0250. The SMILES string of the molecule is CCc1nccn1C[C@@](c1cccc(F)c1)(C1CCN(CC2CN(c3ccc(S(=O)(=O)C(F)(F)F)cc3)C2)CC1)[C@H]1CCCC1OC(=O)NC. The van der Waals surface area contributed by atoms with Crippen LogP contribution in [0, 0.1) is 23.6 Å². The number of aryl methyl sites for hydroxylation is 1. The Morgan fingerprint density at radius 2 is 1.76 bits per heavy atom. The van der Waals surface area contributed by atoms with E-state index in [-0.39, 0.29) is 23.8 Å². The van der Waals surface area contributed by atoms with Gasteiger partial charge in [0.25, 0.3) is 9.84 Å². The Bertz CT molecular complexity index is 1740. The van der Waals surface area contributed by atoms with Crippen LogP contribution in [0.15, 0.2) is 65.8 Å². The first kappa shape index (κ1) is 36.2. The number of aromatic nitrogens is 2. The van der Waals surface area contributed by atoms with E-state index < -0.39 is 31.7 Å². The van der Waals surface area contributed by atoms with Crippen LogP contribution in [0.1, 0.15) is 50.4 Å². The first-order valence-corrected chi connectivity index (χ1v) is 18.9. The topological polar surface area (TPSA) is 96.8 Å². The maximum atomic E-state index is 15.1. The molecule has 3 heterocycles. The van der Waals surface area contributed by atoms with Gasteiger partial charge in [0.2, 0.25) is 0 Å². The molecule has 0 radical (unpaired) electrons. The number of amides is 1. The number of hydrogen-bond donors (Lipinski definition) is 1. The van der Waals surface area contributed by atoms with E-state index in [0.29, 0.717) is 18.2 Å². The number of carbonyl (C=O) groups is 1. The minimum atomic E-state index is -5.38. The Kier molecular flexibility index (Phi) is 10.5. The van der Waals surface area contributed by atoms with E-state index in [4.69, 9.17) is 4.74 Å². The molecule has 1 aliphatic carbocycles. The number of nitrogens with one attached hydrogen (secondary N) is 1. The van der Waals surface area contributed by atoms with Gasteiger partial charge in [-0.25, -0.2) is 22.6 Å². The second kappa shape index (κ2) is 14.5. The number of sulfone groups is 1. The van der Waals surface area contributed by atoms with Gasteiger partial charge < -0.3 is 24.4 Å². The molecule has 14 heteroatoms. The highest BCUT2D eigenvalue weighted by molar-refractivity contribution is 7.92. The fraction of sp³-hybridized carbons (Fsp3) is 0.556. The predicted molar refractivity (Wildman–Crippen MR) is 181 cm³/mol. The third kappa shape index (κ3) is 7.10. The van der Waals surface area contributed by atoms with E-state index in [2.05, 4.69) is 26.7 Å². The molecular weight excluding hydrogens is 674 g/mol. The molecule has 9 nitrogen and oxygen atoms in total. The second-order valence-corrected chi connectivity index (χ2v) is 15.8. The van der Waals surface area contributed by atoms with Crippen molar-refractivity contribution in [2.75, 3.05) is 44.7 Å². The van der Waals surface area contributed by atoms with Crippen molar-refractivity contribution < 1.29 is 35.5 Å². The fourth-order valence-corrected chi connectivity index (χ4v) is 9.42. The molecule has 2 aliphatic heterocycles. The Labute approximate surface area is 290 Å². The van der Waals surface area contributed by atoms with Crippen molar-refractivity contribution in [3.05, 3.63) is 78.1 Å². The number of benzene rings is 2. The summed E-state index contributed by atoms with van der Waals surface area (Å²) >= 11 is 0. The van der Waals surface area contributed by atoms with Crippen LogP contribution in [-0.4, -0.2) is 80.3 Å². The summed E-state index contributed by atoms with van der Waals surface area (Å²) in [6, 6.07) is 11.8. The first-order chi connectivity index (χ1) is 23.8. The zero-order valence-electron chi connectivity index (χ0n) is 28.4. The van der Waals surface area contributed by atoms with Crippen molar-refractivity contribution in [2.45, 2.75) is 73.9 Å². The number of nitrogens with zero attached hydrogens (tertiary/aromatic N) is 4. The Morgan fingerprint density at radius 3 is 2.40 bits per heavy atom. The largest absolute Gasteiger partial charge is 0.501 e. The van der Waals surface area contributed by atoms with Gasteiger partial charge in [-0.1, -0.05) is 19.1 Å². The molecule has 1 unspecified atom stereocenters. The number of anilines is 1. The zero-order valence-corrected chi connectivity index (χ0v) is 29.2. The quantitative estimate of drug-likeness (QED) is 0.236. The number of alkyl carbamates (subject to hydrolysis) is 1. The van der Waals surface area contributed by atoms with E-state index in [0.717, 1.165) is 94.8 Å². The summed E-state index contributed by atoms with van der Waals surface area (Å²) < 4.78 is 85.6. The molecule has 6 rings (SSSR count). The number of hydrogen-bond acceptors (Lipinski definition) is 7. The molecule has 1 N–H and O–H groups in total. The lowest BCUT2D eigenvalue weighted by atomic mass is 9.58. The van der Waals surface area contributed by atoms with Crippen LogP contribution in [0.25, 0.3) is 0 Å². The van der Waals surface area contributed by atoms with Crippen LogP contribution in [-0.2, 0) is 33.0 Å². The lowest BCUT2D eigenvalue weighted by molar-refractivity contribution is -0.0436. The summed E-state index contributed by atoms with van der Waals surface area (Å²) in [4.78, 5) is 20.9. The average Bonchev–Trinajstić information content (AvgIpc) is 3.74. The summed E-state index contributed by atoms with van der Waals surface area (Å²) in [6.45, 7) is 6.68. The van der Waals surface area contributed by atoms with Crippen LogP contribution >= 0.6 is 0 Å². The first-order valence-electron chi connectivity index (χ1n) is 17.4. The van der Waals surface area contributed by atoms with Gasteiger partial charge in [-0.05, 0) is 93.1 Å². The molecule has 2 aromatic carbocycles. The van der Waals surface area contributed by atoms with Crippen LogP contribution in [0.5, 0.6) is 0 Å². The molecule has 0 bridgehead atoms. The molecule has 3 fully saturated rings. The molecule has 272 valence electrons. The van der Waals surface area contributed by atoms with Gasteiger partial charge in [0.1, 0.15) is 17.7 Å². The highest BCUT2D eigenvalue weighted by Gasteiger charge is 2.53. The third-order valence-electron chi connectivity index (χ3n) is 11.1. The monoisotopic (exact) mass is 719 g/mol. The molecule has 3 aliphatic rings. The number of imidazole rings is 1. The molecule has 2 saturated heterocycles. The number of ether oxygens (including phenoxy) is 1. The lowest BCUT2D eigenvalue weighted by Gasteiger charge is -2.51. The van der Waals surface area contributed by atoms with Gasteiger partial charge >= 0.3 is 11.6 Å². The lowest BCUT2D eigenvalue weighted by Crippen LogP contribution is -2.55. The molecule has 3 aromatic rings. The maximum Gasteiger partial charge on any atom is 0.501 e. The normalized spacial score (nSPS) is 22.2. The molecule has 1 amide bonds. The van der Waals surface area contributed by atoms with Gasteiger partial charge in [-0.15, -0.1) is 0 Å². The summed E-state index contributed by atoms with van der Waals surface area (Å²) in [6.07, 6.45) is 8.06. The Morgan fingerprint density at radius 1 is 1.04 bits per heavy atom. The average molecular weight is 720 g/mol. The van der Waals surface area contributed by atoms with Crippen molar-refractivity contribution in [1.29, 1.82) is 0 Å². The molecule has 50 heavy (non-hydrogen) atoms. The van der Waals surface area contributed by atoms with Gasteiger partial charge in [0, 0.05) is 75.0 Å². The number of piperidine rings is 1. The molecule has 0 spiro atoms. The molecule has 3 atom stereocenters. The Hall–Kier alpha value is -3.65. The predicted octanol–water partition coefficient (Wildman–Crippen LogP) is 6.19. The number of carbonyl (C=O) groups excluding carboxylic acids is 1. The third-order valence-corrected chi connectivity index (χ3v) is 12.6. The Balaban J connectivity index is 1.18. The van der Waals surface area contributed by atoms with Gasteiger partial charge in [-0.3, -0.25) is 0 Å². The van der Waals surface area contributed by atoms with E-state index in [1.165, 1.54) is 18.2 Å². The summed E-state index contributed by atoms with van der Waals surface area (Å²) in [7, 11) is -3.82. The van der Waals surface area contributed by atoms with E-state index in [9.17, 15) is 26.4 Å². The van der Waals surface area contributed by atoms with Gasteiger partial charge in [0.05, 0.1) is 4.90 Å². The van der Waals surface area contributed by atoms with Crippen molar-refractivity contribution in [2.24, 2.45) is 17.8 Å². The van der Waals surface area contributed by atoms with Crippen molar-refractivity contribution in [3.63, 3.8) is 0 Å². The van der Waals surface area contributed by atoms with Crippen LogP contribution in [0.4, 0.5) is 28.0 Å². The van der Waals surface area contributed by atoms with Crippen molar-refractivity contribution in [3.8, 4) is 0 Å². The van der Waals surface area contributed by atoms with E-state index in [1.54, 1.807) is 19.2 Å². The van der Waals surface area contributed by atoms with Gasteiger partial charge in [0.15, 0.2) is 0 Å². The van der Waals surface area contributed by atoms with Crippen LogP contribution in [0.2, 0.25) is 0 Å². The standard InChI is InChI=1S/C36H45F4N5O4S/c1-3-33-42-16-19-44(33)24-35(27-6-4-7-28(37)20-27,31-8-5-9-32(31)49-34(46)41-2)26-14-17-43(18-15-26)21-25-22-45(23-25)29-10-12-30(13-11-29)50(47,48)36(38,39)40/h4,6-7,10-13,16,19-20,25-26,31-32H,3,5,8-9,14-15,17-18,21-24H2,1-2H3,(H,41,46)/t31-,32?,35-/m0/s1. The second-order valence-electron chi connectivity index (χ2n) is 13.9. The van der Waals surface area contributed by atoms with Gasteiger partial charge in [-0.2, -0.15) is 13.2 Å². The number of halogens is 4. The summed E-state index contributed by atoms with van der Waals surface area (Å²) in [5.74, 6) is 1.17. The molecule has 1 aromatic heterocycles. The fourth-order valence-electron chi connectivity index (χ4n) is 8.66. The summed E-state index contributed by atoms with van der Waals surface area (Å²) in [5, 5.41) is 2.61. The molecule has 1 saturated carbocycles. The van der Waals surface area contributed by atoms with E-state index in [1.807, 2.05) is 23.4 Å². The summed E-state index contributed by atoms with van der Waals surface area (Å²) in [5.41, 5.74) is -4.24. The van der Waals surface area contributed by atoms with Crippen LogP contribution < -0.4 is 10.2 Å². The highest BCUT2D eigenvalue weighted by Crippen LogP contribution is 2.52. The van der Waals surface area contributed by atoms with Crippen LogP contribution in [0.3, 0.4) is 0 Å². The van der Waals surface area contributed by atoms with Crippen molar-refractivity contribution >= 4 is 21.6 Å². The maximum absolute atomic E-state index is 15.1. The van der Waals surface area contributed by atoms with Crippen molar-refractivity contribution in [1.82, 2.24) is 19.8 Å². The number of likely N-dealkylation sites (tertiary alicyclic amines) is 1. The zero-order chi connectivity index (χ0) is 35.7. The van der Waals surface area contributed by atoms with E-state index >= 15 is 4.39 Å². The number of alkyl halides is 3. The minimum Gasteiger partial charge on any atom is -0.446 e. The smallest absolute Gasteiger partial charge is 0.446 e. The highest BCUT2D eigenvalue weighted by atomic mass is 32.2.